The Kier molecular flexibility index (Phi) is 3.71. The van der Waals surface area contributed by atoms with Gasteiger partial charge in [0.05, 0.1) is 24.4 Å². The summed E-state index contributed by atoms with van der Waals surface area (Å²) in [5.41, 5.74) is 0.233. The van der Waals surface area contributed by atoms with Gasteiger partial charge in [-0.05, 0) is 19.8 Å². The van der Waals surface area contributed by atoms with E-state index in [1.165, 1.54) is 7.11 Å². The Bertz CT molecular complexity index is 1130. The van der Waals surface area contributed by atoms with Crippen LogP contribution in [-0.2, 0) is 0 Å². The minimum absolute atomic E-state index is 0.0104. The number of anilines is 1. The molecule has 2 aromatic rings. The highest BCUT2D eigenvalue weighted by atomic mass is 19.1. The number of halogens is 1. The summed E-state index contributed by atoms with van der Waals surface area (Å²) in [5, 5.41) is 10.2. The Morgan fingerprint density at radius 2 is 2.00 bits per heavy atom. The highest BCUT2D eigenvalue weighted by molar-refractivity contribution is 5.93. The lowest BCUT2D eigenvalue weighted by molar-refractivity contribution is 0.162. The molecule has 3 unspecified atom stereocenters. The molecule has 0 radical (unpaired) electrons. The van der Waals surface area contributed by atoms with E-state index in [4.69, 9.17) is 4.74 Å². The average Bonchev–Trinajstić information content (AvgIpc) is 3.30. The first kappa shape index (κ1) is 17.5. The number of aromatic amines is 1. The summed E-state index contributed by atoms with van der Waals surface area (Å²) < 4.78 is 22.4. The van der Waals surface area contributed by atoms with Gasteiger partial charge in [0.1, 0.15) is 5.39 Å². The predicted octanol–water partition coefficient (Wildman–Crippen LogP) is 1.46. The van der Waals surface area contributed by atoms with Crippen molar-refractivity contribution in [2.45, 2.75) is 31.9 Å². The molecule has 0 bridgehead atoms. The molecule has 1 saturated carbocycles. The van der Waals surface area contributed by atoms with Crippen LogP contribution >= 0.6 is 0 Å². The Hall–Kier alpha value is -2.61. The number of fused-ring (bicyclic) bond motifs is 2. The predicted molar refractivity (Wildman–Crippen MR) is 103 cm³/mol. The number of benzene rings is 1. The topological polar surface area (TPSA) is 87.6 Å². The van der Waals surface area contributed by atoms with E-state index in [-0.39, 0.29) is 29.0 Å². The molecule has 2 aliphatic carbocycles. The van der Waals surface area contributed by atoms with Crippen molar-refractivity contribution in [2.75, 3.05) is 25.1 Å². The highest BCUT2D eigenvalue weighted by Crippen LogP contribution is 2.44. The monoisotopic (exact) mass is 387 g/mol. The molecule has 3 atom stereocenters. The molecular formula is C20H22FN3O4. The Labute approximate surface area is 160 Å². The third-order valence-corrected chi connectivity index (χ3v) is 6.33. The molecule has 7 nitrogen and oxygen atoms in total. The van der Waals surface area contributed by atoms with Crippen LogP contribution in [0.25, 0.3) is 10.9 Å². The number of hydrogen-bond acceptors (Lipinski definition) is 5. The first-order chi connectivity index (χ1) is 13.4. The van der Waals surface area contributed by atoms with E-state index in [1.54, 1.807) is 17.6 Å². The standard InChI is InChI=1S/C20H22FN3O4/c1-9-16-14(19(26)22-20(27)24(16)11-4-5-11)18(28-2)15(21)17(9)23-7-10-3-6-13(25)12(10)8-23/h3,6,10-13,25H,4-5,7-8H2,1-2H3,(H,22,26,27). The van der Waals surface area contributed by atoms with Crippen LogP contribution in [0.1, 0.15) is 24.4 Å². The van der Waals surface area contributed by atoms with Gasteiger partial charge in [0.15, 0.2) is 11.6 Å². The number of aliphatic hydroxyl groups excluding tert-OH is 1. The third-order valence-electron chi connectivity index (χ3n) is 6.33. The number of hydrogen-bond donors (Lipinski definition) is 2. The maximum Gasteiger partial charge on any atom is 0.329 e. The fourth-order valence-corrected chi connectivity index (χ4v) is 4.87. The van der Waals surface area contributed by atoms with Crippen molar-refractivity contribution in [1.82, 2.24) is 9.55 Å². The quantitative estimate of drug-likeness (QED) is 0.779. The van der Waals surface area contributed by atoms with Crippen molar-refractivity contribution in [3.63, 3.8) is 0 Å². The first-order valence-corrected chi connectivity index (χ1v) is 9.58. The molecule has 1 saturated heterocycles. The molecule has 148 valence electrons. The summed E-state index contributed by atoms with van der Waals surface area (Å²) in [6, 6.07) is 0.0104. The number of rotatable bonds is 3. The van der Waals surface area contributed by atoms with Crippen molar-refractivity contribution in [3.05, 3.63) is 44.4 Å². The van der Waals surface area contributed by atoms with Gasteiger partial charge in [-0.2, -0.15) is 0 Å². The lowest BCUT2D eigenvalue weighted by atomic mass is 9.98. The zero-order valence-electron chi connectivity index (χ0n) is 15.7. The third kappa shape index (κ3) is 2.30. The first-order valence-electron chi connectivity index (χ1n) is 9.58. The summed E-state index contributed by atoms with van der Waals surface area (Å²) >= 11 is 0. The summed E-state index contributed by atoms with van der Waals surface area (Å²) in [6.07, 6.45) is 4.93. The molecule has 1 aromatic heterocycles. The second kappa shape index (κ2) is 5.94. The van der Waals surface area contributed by atoms with Crippen LogP contribution in [0.5, 0.6) is 5.75 Å². The number of nitrogens with zero attached hydrogens (tertiary/aromatic N) is 2. The van der Waals surface area contributed by atoms with E-state index in [0.29, 0.717) is 29.9 Å². The molecule has 1 aromatic carbocycles. The number of H-pyrrole nitrogens is 1. The average molecular weight is 387 g/mol. The van der Waals surface area contributed by atoms with Crippen molar-refractivity contribution in [2.24, 2.45) is 11.8 Å². The van der Waals surface area contributed by atoms with Gasteiger partial charge in [-0.1, -0.05) is 12.2 Å². The highest BCUT2D eigenvalue weighted by Gasteiger charge is 2.41. The minimum Gasteiger partial charge on any atom is -0.493 e. The normalized spacial score (nSPS) is 26.3. The summed E-state index contributed by atoms with van der Waals surface area (Å²) in [7, 11) is 1.33. The second-order valence-corrected chi connectivity index (χ2v) is 8.01. The van der Waals surface area contributed by atoms with Crippen LogP contribution < -0.4 is 20.9 Å². The molecule has 8 heteroatoms. The molecule has 28 heavy (non-hydrogen) atoms. The zero-order chi connectivity index (χ0) is 19.7. The zero-order valence-corrected chi connectivity index (χ0v) is 15.7. The van der Waals surface area contributed by atoms with Crippen LogP contribution in [0.4, 0.5) is 10.1 Å². The molecule has 1 aliphatic heterocycles. The van der Waals surface area contributed by atoms with E-state index in [0.717, 1.165) is 12.8 Å². The molecule has 2 fully saturated rings. The van der Waals surface area contributed by atoms with Crippen LogP contribution in [0.2, 0.25) is 0 Å². The second-order valence-electron chi connectivity index (χ2n) is 8.01. The van der Waals surface area contributed by atoms with Crippen LogP contribution in [0, 0.1) is 24.6 Å². The number of aliphatic hydroxyl groups is 1. The maximum atomic E-state index is 15.5. The summed E-state index contributed by atoms with van der Waals surface area (Å²) in [6.45, 7) is 2.82. The van der Waals surface area contributed by atoms with E-state index in [9.17, 15) is 14.7 Å². The number of aryl methyl sites for hydroxylation is 1. The SMILES string of the molecule is COc1c(F)c(N2CC3C=CC(O)C3C2)c(C)c2c1c(=O)[nH]c(=O)n2C1CC1. The van der Waals surface area contributed by atoms with Crippen molar-refractivity contribution in [3.8, 4) is 5.75 Å². The van der Waals surface area contributed by atoms with Crippen LogP contribution in [0.15, 0.2) is 21.7 Å². The van der Waals surface area contributed by atoms with Crippen molar-refractivity contribution < 1.29 is 14.2 Å². The number of nitrogens with one attached hydrogen (secondary N) is 1. The summed E-state index contributed by atoms with van der Waals surface area (Å²) in [5.74, 6) is -0.567. The van der Waals surface area contributed by atoms with Crippen LogP contribution in [0.3, 0.4) is 0 Å². The van der Waals surface area contributed by atoms with Gasteiger partial charge in [-0.15, -0.1) is 0 Å². The van der Waals surface area contributed by atoms with E-state index < -0.39 is 23.2 Å². The smallest absolute Gasteiger partial charge is 0.329 e. The van der Waals surface area contributed by atoms with Crippen molar-refractivity contribution in [1.29, 1.82) is 0 Å². The lowest BCUT2D eigenvalue weighted by Gasteiger charge is -2.26. The largest absolute Gasteiger partial charge is 0.493 e. The molecular weight excluding hydrogens is 365 g/mol. The van der Waals surface area contributed by atoms with Crippen LogP contribution in [-0.4, -0.2) is 41.0 Å². The molecule has 2 heterocycles. The van der Waals surface area contributed by atoms with E-state index in [1.807, 2.05) is 11.0 Å². The molecule has 2 N–H and O–H groups in total. The Balaban J connectivity index is 1.79. The summed E-state index contributed by atoms with van der Waals surface area (Å²) in [4.78, 5) is 29.3. The van der Waals surface area contributed by atoms with E-state index >= 15 is 4.39 Å². The number of methoxy groups -OCH3 is 1. The molecule has 5 rings (SSSR count). The van der Waals surface area contributed by atoms with Crippen molar-refractivity contribution >= 4 is 16.6 Å². The fraction of sp³-hybridized carbons (Fsp3) is 0.500. The van der Waals surface area contributed by atoms with E-state index in [2.05, 4.69) is 4.98 Å². The minimum atomic E-state index is -0.640. The van der Waals surface area contributed by atoms with Gasteiger partial charge >= 0.3 is 5.69 Å². The van der Waals surface area contributed by atoms with Gasteiger partial charge in [0, 0.05) is 36.5 Å². The Morgan fingerprint density at radius 1 is 1.25 bits per heavy atom. The number of aromatic nitrogens is 2. The van der Waals surface area contributed by atoms with Gasteiger partial charge < -0.3 is 14.7 Å². The van der Waals surface area contributed by atoms with Gasteiger partial charge in [0.25, 0.3) is 5.56 Å². The molecule has 0 amide bonds. The molecule has 3 aliphatic rings. The fourth-order valence-electron chi connectivity index (χ4n) is 4.87. The lowest BCUT2D eigenvalue weighted by Crippen LogP contribution is -2.32. The Morgan fingerprint density at radius 3 is 2.64 bits per heavy atom. The maximum absolute atomic E-state index is 15.5. The molecule has 0 spiro atoms. The van der Waals surface area contributed by atoms with Gasteiger partial charge in [-0.3, -0.25) is 14.3 Å². The van der Waals surface area contributed by atoms with Gasteiger partial charge in [0.2, 0.25) is 0 Å². The number of ether oxygens (including phenoxy) is 1. The van der Waals surface area contributed by atoms with Gasteiger partial charge in [-0.25, -0.2) is 9.18 Å².